The van der Waals surface area contributed by atoms with E-state index < -0.39 is 0 Å². The van der Waals surface area contributed by atoms with Crippen molar-refractivity contribution < 1.29 is 9.15 Å². The first kappa shape index (κ1) is 15.6. The first-order valence-electron chi connectivity index (χ1n) is 7.74. The molecule has 4 aromatic rings. The zero-order valence-corrected chi connectivity index (χ0v) is 14.6. The van der Waals surface area contributed by atoms with E-state index in [1.807, 2.05) is 37.3 Å². The molecule has 0 spiro atoms. The van der Waals surface area contributed by atoms with E-state index in [-0.39, 0.29) is 0 Å². The molecule has 0 unspecified atom stereocenters. The Kier molecular flexibility index (Phi) is 3.85. The van der Waals surface area contributed by atoms with Crippen molar-refractivity contribution in [3.63, 3.8) is 0 Å². The Morgan fingerprint density at radius 1 is 1.24 bits per heavy atom. The summed E-state index contributed by atoms with van der Waals surface area (Å²) in [6.07, 6.45) is 2.41. The summed E-state index contributed by atoms with van der Waals surface area (Å²) in [6.45, 7) is 1.88. The Hall–Kier alpha value is -2.93. The number of nitrogens with two attached hydrogens (primary N) is 1. The molecule has 25 heavy (non-hydrogen) atoms. The van der Waals surface area contributed by atoms with Crippen LogP contribution >= 0.6 is 11.3 Å². The van der Waals surface area contributed by atoms with Crippen molar-refractivity contribution in [3.8, 4) is 17.3 Å². The minimum Gasteiger partial charge on any atom is -0.495 e. The molecule has 2 N–H and O–H groups in total. The lowest BCUT2D eigenvalue weighted by molar-refractivity contribution is 0.408. The number of pyridine rings is 1. The van der Waals surface area contributed by atoms with Crippen LogP contribution in [0.1, 0.15) is 16.3 Å². The van der Waals surface area contributed by atoms with E-state index in [0.29, 0.717) is 23.8 Å². The van der Waals surface area contributed by atoms with Crippen LogP contribution in [0.25, 0.3) is 21.8 Å². The summed E-state index contributed by atoms with van der Waals surface area (Å²) in [6, 6.07) is 9.51. The number of thiophene rings is 1. The predicted octanol–water partition coefficient (Wildman–Crippen LogP) is 3.84. The highest BCUT2D eigenvalue weighted by molar-refractivity contribution is 7.18. The summed E-state index contributed by atoms with van der Waals surface area (Å²) in [4.78, 5) is 15.3. The van der Waals surface area contributed by atoms with Gasteiger partial charge in [0.1, 0.15) is 22.2 Å². The first-order chi connectivity index (χ1) is 12.1. The van der Waals surface area contributed by atoms with Gasteiger partial charge in [-0.15, -0.1) is 11.3 Å². The number of fused-ring (bicyclic) bond motifs is 1. The summed E-state index contributed by atoms with van der Waals surface area (Å²) in [7, 11) is 1.65. The molecule has 6 nitrogen and oxygen atoms in total. The van der Waals surface area contributed by atoms with Crippen molar-refractivity contribution in [1.29, 1.82) is 0 Å². The van der Waals surface area contributed by atoms with Crippen molar-refractivity contribution in [3.05, 3.63) is 52.9 Å². The number of hydrogen-bond donors (Lipinski definition) is 1. The molecule has 0 radical (unpaired) electrons. The van der Waals surface area contributed by atoms with Crippen LogP contribution in [0.3, 0.4) is 0 Å². The molecule has 0 amide bonds. The van der Waals surface area contributed by atoms with Gasteiger partial charge in [-0.1, -0.05) is 0 Å². The number of methoxy groups -OCH3 is 1. The SMILES string of the molecule is COc1cccnc1Cc1cc2c(N)nc(-c3ccc(C)o3)nc2s1. The largest absolute Gasteiger partial charge is 0.495 e. The van der Waals surface area contributed by atoms with Crippen LogP contribution < -0.4 is 10.5 Å². The fourth-order valence-corrected chi connectivity index (χ4v) is 3.69. The third kappa shape index (κ3) is 2.94. The normalized spacial score (nSPS) is 11.1. The number of anilines is 1. The Morgan fingerprint density at radius 2 is 2.12 bits per heavy atom. The van der Waals surface area contributed by atoms with Gasteiger partial charge in [-0.2, -0.15) is 0 Å². The molecule has 0 aliphatic carbocycles. The molecule has 126 valence electrons. The van der Waals surface area contributed by atoms with Crippen LogP contribution in [0.2, 0.25) is 0 Å². The van der Waals surface area contributed by atoms with E-state index in [9.17, 15) is 0 Å². The maximum atomic E-state index is 6.14. The fourth-order valence-electron chi connectivity index (χ4n) is 2.65. The van der Waals surface area contributed by atoms with E-state index in [1.165, 1.54) is 0 Å². The van der Waals surface area contributed by atoms with Gasteiger partial charge in [0.25, 0.3) is 0 Å². The van der Waals surface area contributed by atoms with Gasteiger partial charge in [0.2, 0.25) is 0 Å². The molecule has 0 bridgehead atoms. The molecule has 7 heteroatoms. The van der Waals surface area contributed by atoms with E-state index >= 15 is 0 Å². The zero-order valence-electron chi connectivity index (χ0n) is 13.8. The molecule has 0 fully saturated rings. The Labute approximate surface area is 148 Å². The van der Waals surface area contributed by atoms with Gasteiger partial charge in [0, 0.05) is 17.5 Å². The predicted molar refractivity (Wildman–Crippen MR) is 97.9 cm³/mol. The number of aryl methyl sites for hydroxylation is 1. The lowest BCUT2D eigenvalue weighted by atomic mass is 10.2. The average molecular weight is 352 g/mol. The van der Waals surface area contributed by atoms with Crippen molar-refractivity contribution in [1.82, 2.24) is 15.0 Å². The van der Waals surface area contributed by atoms with E-state index in [2.05, 4.69) is 15.0 Å². The molecule has 0 aliphatic heterocycles. The number of ether oxygens (including phenoxy) is 1. The number of nitrogens with zero attached hydrogens (tertiary/aromatic N) is 3. The summed E-state index contributed by atoms with van der Waals surface area (Å²) >= 11 is 1.57. The number of nitrogen functional groups attached to an aromatic ring is 1. The van der Waals surface area contributed by atoms with Gasteiger partial charge in [-0.05, 0) is 37.3 Å². The number of furan rings is 1. The van der Waals surface area contributed by atoms with Gasteiger partial charge >= 0.3 is 0 Å². The highest BCUT2D eigenvalue weighted by Gasteiger charge is 2.14. The Bertz CT molecular complexity index is 1050. The van der Waals surface area contributed by atoms with Gasteiger partial charge in [0.05, 0.1) is 18.2 Å². The molecular weight excluding hydrogens is 336 g/mol. The van der Waals surface area contributed by atoms with Gasteiger partial charge < -0.3 is 14.9 Å². The summed E-state index contributed by atoms with van der Waals surface area (Å²) < 4.78 is 11.0. The van der Waals surface area contributed by atoms with Gasteiger partial charge in [-0.25, -0.2) is 9.97 Å². The molecule has 4 heterocycles. The molecule has 4 aromatic heterocycles. The van der Waals surface area contributed by atoms with Crippen molar-refractivity contribution in [2.24, 2.45) is 0 Å². The van der Waals surface area contributed by atoms with Gasteiger partial charge in [-0.3, -0.25) is 4.98 Å². The maximum Gasteiger partial charge on any atom is 0.199 e. The molecule has 4 rings (SSSR count). The van der Waals surface area contributed by atoms with Crippen molar-refractivity contribution in [2.45, 2.75) is 13.3 Å². The molecule has 0 aromatic carbocycles. The third-order valence-corrected chi connectivity index (χ3v) is 4.87. The topological polar surface area (TPSA) is 87.1 Å². The van der Waals surface area contributed by atoms with E-state index in [4.69, 9.17) is 14.9 Å². The van der Waals surface area contributed by atoms with Crippen LogP contribution in [0.4, 0.5) is 5.82 Å². The van der Waals surface area contributed by atoms with E-state index in [0.717, 1.165) is 32.3 Å². The lowest BCUT2D eigenvalue weighted by Crippen LogP contribution is -1.95. The van der Waals surface area contributed by atoms with Crippen LogP contribution in [0.5, 0.6) is 5.75 Å². The Balaban J connectivity index is 1.74. The van der Waals surface area contributed by atoms with Crippen molar-refractivity contribution in [2.75, 3.05) is 12.8 Å². The van der Waals surface area contributed by atoms with Crippen LogP contribution in [-0.4, -0.2) is 22.1 Å². The maximum absolute atomic E-state index is 6.14. The Morgan fingerprint density at radius 3 is 2.88 bits per heavy atom. The number of hydrogen-bond acceptors (Lipinski definition) is 7. The quantitative estimate of drug-likeness (QED) is 0.600. The van der Waals surface area contributed by atoms with Crippen molar-refractivity contribution >= 4 is 27.4 Å². The standard InChI is InChI=1S/C18H16N4O2S/c1-10-5-6-15(24-10)17-21-16(19)12-8-11(25-18(12)22-17)9-13-14(23-2)4-3-7-20-13/h3-8H,9H2,1-2H3,(H2,19,21,22). The smallest absolute Gasteiger partial charge is 0.199 e. The second-order valence-electron chi connectivity index (χ2n) is 5.60. The van der Waals surface area contributed by atoms with Crippen LogP contribution in [0.15, 0.2) is 40.9 Å². The van der Waals surface area contributed by atoms with Gasteiger partial charge in [0.15, 0.2) is 11.6 Å². The third-order valence-electron chi connectivity index (χ3n) is 3.84. The highest BCUT2D eigenvalue weighted by atomic mass is 32.1. The summed E-state index contributed by atoms with van der Waals surface area (Å²) in [5.41, 5.74) is 7.02. The second-order valence-corrected chi connectivity index (χ2v) is 6.72. The van der Waals surface area contributed by atoms with E-state index in [1.54, 1.807) is 24.6 Å². The first-order valence-corrected chi connectivity index (χ1v) is 8.56. The number of aromatic nitrogens is 3. The summed E-state index contributed by atoms with van der Waals surface area (Å²) in [5.74, 6) is 3.15. The lowest BCUT2D eigenvalue weighted by Gasteiger charge is -2.04. The monoisotopic (exact) mass is 352 g/mol. The molecule has 0 saturated carbocycles. The fraction of sp³-hybridized carbons (Fsp3) is 0.167. The average Bonchev–Trinajstić information content (AvgIpc) is 3.21. The highest BCUT2D eigenvalue weighted by Crippen LogP contribution is 2.32. The second kappa shape index (κ2) is 6.18. The minimum atomic E-state index is 0.449. The zero-order chi connectivity index (χ0) is 17.4. The minimum absolute atomic E-state index is 0.449. The van der Waals surface area contributed by atoms with Crippen LogP contribution in [0, 0.1) is 6.92 Å². The molecule has 0 aliphatic rings. The van der Waals surface area contributed by atoms with Crippen LogP contribution in [-0.2, 0) is 6.42 Å². The molecule has 0 saturated heterocycles. The molecular formula is C18H16N4O2S. The molecule has 0 atom stereocenters. The summed E-state index contributed by atoms with van der Waals surface area (Å²) in [5, 5.41) is 0.849. The number of rotatable bonds is 4.